The van der Waals surface area contributed by atoms with Crippen LogP contribution in [0.5, 0.6) is 0 Å². The van der Waals surface area contributed by atoms with Gasteiger partial charge in [-0.1, -0.05) is 12.1 Å². The van der Waals surface area contributed by atoms with Crippen LogP contribution in [0, 0.1) is 11.6 Å². The predicted octanol–water partition coefficient (Wildman–Crippen LogP) is 3.21. The van der Waals surface area contributed by atoms with Gasteiger partial charge >= 0.3 is 0 Å². The molecular weight excluding hydrogens is 196 g/mol. The fraction of sp³-hybridized carbons (Fsp3) is 0. The summed E-state index contributed by atoms with van der Waals surface area (Å²) in [6.45, 7) is 0. The molecule has 0 saturated carbocycles. The van der Waals surface area contributed by atoms with E-state index in [1.54, 1.807) is 18.2 Å². The highest BCUT2D eigenvalue weighted by Gasteiger charge is 2.02. The van der Waals surface area contributed by atoms with Crippen LogP contribution in [-0.2, 0) is 0 Å². The Balaban J connectivity index is 2.54. The lowest BCUT2D eigenvalue weighted by atomic mass is 10.0. The zero-order chi connectivity index (χ0) is 10.8. The van der Waals surface area contributed by atoms with Crippen molar-refractivity contribution in [1.29, 1.82) is 0 Å². The first kappa shape index (κ1) is 9.65. The van der Waals surface area contributed by atoms with Gasteiger partial charge in [-0.25, -0.2) is 8.78 Å². The molecule has 1 nitrogen and oxygen atoms in total. The van der Waals surface area contributed by atoms with Crippen molar-refractivity contribution in [3.8, 4) is 11.1 Å². The van der Waals surface area contributed by atoms with Crippen molar-refractivity contribution in [2.24, 2.45) is 0 Å². The van der Waals surface area contributed by atoms with E-state index in [0.29, 0.717) is 16.8 Å². The summed E-state index contributed by atoms with van der Waals surface area (Å²) in [6, 6.07) is 10.1. The number of hydrogen-bond donors (Lipinski definition) is 1. The first-order valence-electron chi connectivity index (χ1n) is 4.47. The molecule has 0 atom stereocenters. The van der Waals surface area contributed by atoms with Crippen molar-refractivity contribution in [3.63, 3.8) is 0 Å². The Morgan fingerprint density at radius 2 is 1.53 bits per heavy atom. The Hall–Kier alpha value is -1.90. The lowest BCUT2D eigenvalue weighted by Gasteiger charge is -2.03. The van der Waals surface area contributed by atoms with Crippen molar-refractivity contribution < 1.29 is 8.78 Å². The number of rotatable bonds is 1. The number of hydrogen-bond acceptors (Lipinski definition) is 1. The van der Waals surface area contributed by atoms with Gasteiger partial charge in [0.25, 0.3) is 0 Å². The van der Waals surface area contributed by atoms with E-state index >= 15 is 0 Å². The van der Waals surface area contributed by atoms with Gasteiger partial charge in [-0.15, -0.1) is 0 Å². The zero-order valence-electron chi connectivity index (χ0n) is 7.87. The van der Waals surface area contributed by atoms with E-state index in [-0.39, 0.29) is 5.82 Å². The van der Waals surface area contributed by atoms with Gasteiger partial charge in [0.05, 0.1) is 0 Å². The van der Waals surface area contributed by atoms with Crippen LogP contribution in [0.25, 0.3) is 11.1 Å². The van der Waals surface area contributed by atoms with Crippen LogP contribution in [0.1, 0.15) is 0 Å². The van der Waals surface area contributed by atoms with Crippen LogP contribution in [0.2, 0.25) is 0 Å². The third kappa shape index (κ3) is 2.13. The second kappa shape index (κ2) is 3.69. The zero-order valence-corrected chi connectivity index (χ0v) is 7.87. The van der Waals surface area contributed by atoms with Gasteiger partial charge in [-0.2, -0.15) is 0 Å². The Labute approximate surface area is 86.2 Å². The second-order valence-corrected chi connectivity index (χ2v) is 3.28. The monoisotopic (exact) mass is 205 g/mol. The van der Waals surface area contributed by atoms with Crippen LogP contribution >= 0.6 is 0 Å². The van der Waals surface area contributed by atoms with Crippen LogP contribution in [0.4, 0.5) is 14.5 Å². The number of nitrogens with two attached hydrogens (primary N) is 1. The maximum atomic E-state index is 13.0. The smallest absolute Gasteiger partial charge is 0.125 e. The molecular formula is C12H9F2N. The maximum Gasteiger partial charge on any atom is 0.125 e. The molecule has 3 heteroatoms. The van der Waals surface area contributed by atoms with Gasteiger partial charge < -0.3 is 5.73 Å². The average molecular weight is 205 g/mol. The molecule has 2 aromatic rings. The molecule has 0 bridgehead atoms. The summed E-state index contributed by atoms with van der Waals surface area (Å²) in [5, 5.41) is 0. The Bertz CT molecular complexity index is 474. The summed E-state index contributed by atoms with van der Waals surface area (Å²) in [4.78, 5) is 0. The fourth-order valence-corrected chi connectivity index (χ4v) is 1.45. The molecule has 0 fully saturated rings. The molecule has 0 aliphatic carbocycles. The van der Waals surface area contributed by atoms with Crippen molar-refractivity contribution in [2.45, 2.75) is 0 Å². The maximum absolute atomic E-state index is 13.0. The van der Waals surface area contributed by atoms with Gasteiger partial charge in [0.1, 0.15) is 11.6 Å². The van der Waals surface area contributed by atoms with Crippen molar-refractivity contribution >= 4 is 5.69 Å². The van der Waals surface area contributed by atoms with Crippen LogP contribution < -0.4 is 5.73 Å². The van der Waals surface area contributed by atoms with Gasteiger partial charge in [0, 0.05) is 5.69 Å². The minimum absolute atomic E-state index is 0.328. The number of anilines is 1. The standard InChI is InChI=1S/C12H9F2N/c13-10-3-1-2-8(4-10)9-5-11(14)7-12(15)6-9/h1-7H,15H2. The molecule has 0 unspecified atom stereocenters. The molecule has 0 saturated heterocycles. The molecule has 76 valence electrons. The molecule has 0 heterocycles. The summed E-state index contributed by atoms with van der Waals surface area (Å²) >= 11 is 0. The van der Waals surface area contributed by atoms with Crippen molar-refractivity contribution in [1.82, 2.24) is 0 Å². The highest BCUT2D eigenvalue weighted by Crippen LogP contribution is 2.23. The molecule has 0 radical (unpaired) electrons. The quantitative estimate of drug-likeness (QED) is 0.711. The van der Waals surface area contributed by atoms with Gasteiger partial charge in [-0.05, 0) is 41.5 Å². The van der Waals surface area contributed by atoms with E-state index < -0.39 is 5.82 Å². The average Bonchev–Trinajstić information content (AvgIpc) is 2.16. The van der Waals surface area contributed by atoms with E-state index in [9.17, 15) is 8.78 Å². The van der Waals surface area contributed by atoms with Crippen LogP contribution in [-0.4, -0.2) is 0 Å². The molecule has 0 aliphatic heterocycles. The lowest BCUT2D eigenvalue weighted by Crippen LogP contribution is -1.88. The molecule has 2 N–H and O–H groups in total. The van der Waals surface area contributed by atoms with Crippen molar-refractivity contribution in [3.05, 3.63) is 54.1 Å². The topological polar surface area (TPSA) is 26.0 Å². The van der Waals surface area contributed by atoms with E-state index in [0.717, 1.165) is 0 Å². The van der Waals surface area contributed by atoms with E-state index in [4.69, 9.17) is 5.73 Å². The number of benzene rings is 2. The molecule has 0 aliphatic rings. The number of nitrogen functional groups attached to an aromatic ring is 1. The molecule has 0 aromatic heterocycles. The van der Waals surface area contributed by atoms with E-state index in [1.165, 1.54) is 24.3 Å². The molecule has 2 rings (SSSR count). The minimum atomic E-state index is -0.422. The van der Waals surface area contributed by atoms with Crippen LogP contribution in [0.3, 0.4) is 0 Å². The SMILES string of the molecule is Nc1cc(F)cc(-c2cccc(F)c2)c1. The fourth-order valence-electron chi connectivity index (χ4n) is 1.45. The summed E-state index contributed by atoms with van der Waals surface area (Å²) in [7, 11) is 0. The predicted molar refractivity (Wildman–Crippen MR) is 56.2 cm³/mol. The lowest BCUT2D eigenvalue weighted by molar-refractivity contribution is 0.626. The van der Waals surface area contributed by atoms with Gasteiger partial charge in [0.2, 0.25) is 0 Å². The van der Waals surface area contributed by atoms with Crippen molar-refractivity contribution in [2.75, 3.05) is 5.73 Å². The first-order valence-corrected chi connectivity index (χ1v) is 4.47. The first-order chi connectivity index (χ1) is 7.15. The molecule has 2 aromatic carbocycles. The highest BCUT2D eigenvalue weighted by molar-refractivity contribution is 5.67. The molecule has 0 spiro atoms. The Morgan fingerprint density at radius 3 is 2.20 bits per heavy atom. The summed E-state index contributed by atoms with van der Waals surface area (Å²) in [5.74, 6) is -0.774. The van der Waals surface area contributed by atoms with E-state index in [1.807, 2.05) is 0 Å². The Morgan fingerprint density at radius 1 is 0.800 bits per heavy atom. The van der Waals surface area contributed by atoms with Crippen LogP contribution in [0.15, 0.2) is 42.5 Å². The van der Waals surface area contributed by atoms with Gasteiger partial charge in [-0.3, -0.25) is 0 Å². The normalized spacial score (nSPS) is 10.3. The summed E-state index contributed by atoms with van der Waals surface area (Å²) in [6.07, 6.45) is 0. The summed E-state index contributed by atoms with van der Waals surface area (Å²) < 4.78 is 26.0. The Kier molecular flexibility index (Phi) is 2.37. The third-order valence-corrected chi connectivity index (χ3v) is 2.08. The third-order valence-electron chi connectivity index (χ3n) is 2.08. The molecule has 15 heavy (non-hydrogen) atoms. The summed E-state index contributed by atoms with van der Waals surface area (Å²) in [5.41, 5.74) is 7.02. The second-order valence-electron chi connectivity index (χ2n) is 3.28. The highest BCUT2D eigenvalue weighted by atomic mass is 19.1. The molecule has 0 amide bonds. The van der Waals surface area contributed by atoms with E-state index in [2.05, 4.69) is 0 Å². The largest absolute Gasteiger partial charge is 0.399 e. The minimum Gasteiger partial charge on any atom is -0.399 e. The van der Waals surface area contributed by atoms with Gasteiger partial charge in [0.15, 0.2) is 0 Å². The number of halogens is 2.